The first kappa shape index (κ1) is 33.5. The van der Waals surface area contributed by atoms with Crippen LogP contribution in [0, 0.1) is 0 Å². The maximum atomic E-state index is 12.3. The van der Waals surface area contributed by atoms with Crippen molar-refractivity contribution in [2.45, 2.75) is 53.4 Å². The van der Waals surface area contributed by atoms with E-state index in [-0.39, 0.29) is 36.7 Å². The van der Waals surface area contributed by atoms with Gasteiger partial charge in [-0.3, -0.25) is 9.59 Å². The van der Waals surface area contributed by atoms with E-state index in [1.165, 1.54) is 0 Å². The van der Waals surface area contributed by atoms with Gasteiger partial charge in [0.1, 0.15) is 13.2 Å². The largest absolute Gasteiger partial charge is 0.462 e. The number of rotatable bonds is 20. The lowest BCUT2D eigenvalue weighted by Crippen LogP contribution is -2.25. The molecule has 0 N–H and O–H groups in total. The first-order chi connectivity index (χ1) is 19.8. The fourth-order valence-corrected chi connectivity index (χ4v) is 4.34. The molecule has 0 aliphatic rings. The van der Waals surface area contributed by atoms with Crippen molar-refractivity contribution in [1.82, 2.24) is 0 Å². The highest BCUT2D eigenvalue weighted by atomic mass is 16.5. The van der Waals surface area contributed by atoms with Crippen molar-refractivity contribution in [3.05, 3.63) is 59.7 Å². The van der Waals surface area contributed by atoms with Crippen LogP contribution in [0.25, 0.3) is 0 Å². The van der Waals surface area contributed by atoms with Crippen molar-refractivity contribution >= 4 is 34.9 Å². The van der Waals surface area contributed by atoms with E-state index in [4.69, 9.17) is 14.2 Å². The average Bonchev–Trinajstić information content (AvgIpc) is 2.98. The molecule has 0 radical (unpaired) electrons. The van der Waals surface area contributed by atoms with Gasteiger partial charge in [-0.05, 0) is 89.1 Å². The van der Waals surface area contributed by atoms with Gasteiger partial charge >= 0.3 is 11.9 Å². The number of carbonyl (C=O) groups excluding carboxylic acids is 4. The van der Waals surface area contributed by atoms with Crippen LogP contribution in [0.5, 0.6) is 0 Å². The Hall–Kier alpha value is -3.72. The fraction of sp³-hybridized carbons (Fsp3) is 0.500. The Balaban J connectivity index is 1.64. The highest BCUT2D eigenvalue weighted by Crippen LogP contribution is 2.18. The monoisotopic (exact) mass is 568 g/mol. The van der Waals surface area contributed by atoms with E-state index in [9.17, 15) is 19.2 Å². The molecule has 0 atom stereocenters. The molecule has 0 aromatic heterocycles. The van der Waals surface area contributed by atoms with E-state index in [0.29, 0.717) is 63.1 Å². The lowest BCUT2D eigenvalue weighted by Gasteiger charge is -2.23. The Morgan fingerprint density at radius 1 is 0.585 bits per heavy atom. The van der Waals surface area contributed by atoms with Crippen molar-refractivity contribution in [3.8, 4) is 0 Å². The fourth-order valence-electron chi connectivity index (χ4n) is 4.34. The predicted octanol–water partition coefficient (Wildman–Crippen LogP) is 5.11. The summed E-state index contributed by atoms with van der Waals surface area (Å²) in [5.74, 6) is -0.744. The maximum absolute atomic E-state index is 12.3. The zero-order valence-corrected chi connectivity index (χ0v) is 24.9. The van der Waals surface area contributed by atoms with Crippen LogP contribution in [0.4, 0.5) is 11.4 Å². The molecule has 224 valence electrons. The second kappa shape index (κ2) is 18.6. The van der Waals surface area contributed by atoms with Gasteiger partial charge in [-0.2, -0.15) is 0 Å². The van der Waals surface area contributed by atoms with E-state index >= 15 is 0 Å². The third kappa shape index (κ3) is 11.7. The van der Waals surface area contributed by atoms with Crippen LogP contribution < -0.4 is 9.80 Å². The van der Waals surface area contributed by atoms with E-state index < -0.39 is 0 Å². The summed E-state index contributed by atoms with van der Waals surface area (Å²) in [5, 5.41) is 0. The number of ketones is 2. The van der Waals surface area contributed by atoms with Gasteiger partial charge in [0.15, 0.2) is 11.6 Å². The molecule has 0 bridgehead atoms. The van der Waals surface area contributed by atoms with E-state index in [1.807, 2.05) is 38.1 Å². The minimum atomic E-state index is -0.339. The molecule has 0 heterocycles. The number of hydrogen-bond donors (Lipinski definition) is 0. The van der Waals surface area contributed by atoms with Crippen LogP contribution in [-0.4, -0.2) is 76.1 Å². The minimum absolute atomic E-state index is 0.0325. The zero-order valence-electron chi connectivity index (χ0n) is 24.9. The number of benzene rings is 2. The number of anilines is 2. The summed E-state index contributed by atoms with van der Waals surface area (Å²) in [4.78, 5) is 52.5. The van der Waals surface area contributed by atoms with Crippen LogP contribution in [0.2, 0.25) is 0 Å². The highest BCUT2D eigenvalue weighted by molar-refractivity contribution is 5.90. The maximum Gasteiger partial charge on any atom is 0.338 e. The molecule has 9 nitrogen and oxygen atoms in total. The summed E-state index contributed by atoms with van der Waals surface area (Å²) < 4.78 is 15.4. The molecular weight excluding hydrogens is 524 g/mol. The Bertz CT molecular complexity index is 1010. The molecular formula is C32H44N2O7. The van der Waals surface area contributed by atoms with Gasteiger partial charge in [-0.15, -0.1) is 0 Å². The van der Waals surface area contributed by atoms with Crippen LogP contribution in [0.15, 0.2) is 48.5 Å². The molecule has 0 fully saturated rings. The molecule has 9 heteroatoms. The quantitative estimate of drug-likeness (QED) is 0.202. The molecule has 0 spiro atoms. The van der Waals surface area contributed by atoms with Crippen molar-refractivity contribution < 1.29 is 33.4 Å². The summed E-state index contributed by atoms with van der Waals surface area (Å²) in [6, 6.07) is 14.5. The van der Waals surface area contributed by atoms with Gasteiger partial charge < -0.3 is 24.0 Å². The molecule has 2 aromatic carbocycles. The smallest absolute Gasteiger partial charge is 0.338 e. The first-order valence-electron chi connectivity index (χ1n) is 14.5. The first-order valence-corrected chi connectivity index (χ1v) is 14.5. The van der Waals surface area contributed by atoms with E-state index in [0.717, 1.165) is 24.5 Å². The van der Waals surface area contributed by atoms with Crippen molar-refractivity contribution in [2.24, 2.45) is 0 Å². The molecule has 0 saturated carbocycles. The molecule has 41 heavy (non-hydrogen) atoms. The van der Waals surface area contributed by atoms with Gasteiger partial charge in [-0.1, -0.05) is 0 Å². The minimum Gasteiger partial charge on any atom is -0.462 e. The van der Waals surface area contributed by atoms with Gasteiger partial charge in [0, 0.05) is 50.4 Å². The predicted molar refractivity (Wildman–Crippen MR) is 160 cm³/mol. The van der Waals surface area contributed by atoms with Crippen molar-refractivity contribution in [2.75, 3.05) is 62.4 Å². The second-order valence-electron chi connectivity index (χ2n) is 9.47. The second-order valence-corrected chi connectivity index (χ2v) is 9.47. The topological polar surface area (TPSA) is 102 Å². The number of ether oxygens (including phenoxy) is 3. The highest BCUT2D eigenvalue weighted by Gasteiger charge is 2.12. The number of esters is 2. The summed E-state index contributed by atoms with van der Waals surface area (Å²) in [6.07, 6.45) is 2.06. The molecule has 0 aliphatic heterocycles. The van der Waals surface area contributed by atoms with Crippen molar-refractivity contribution in [1.29, 1.82) is 0 Å². The average molecular weight is 569 g/mol. The molecule has 2 aromatic rings. The zero-order chi connectivity index (χ0) is 30.0. The van der Waals surface area contributed by atoms with Gasteiger partial charge in [0.25, 0.3) is 0 Å². The molecule has 2 rings (SSSR count). The summed E-state index contributed by atoms with van der Waals surface area (Å²) in [6.45, 7) is 11.1. The number of nitrogens with zero attached hydrogens (tertiary/aromatic N) is 2. The van der Waals surface area contributed by atoms with Gasteiger partial charge in [0.2, 0.25) is 0 Å². The number of Topliss-reactive ketones (excluding diaryl/α,β-unsaturated/α-hetero) is 2. The third-order valence-electron chi connectivity index (χ3n) is 6.54. The summed E-state index contributed by atoms with van der Waals surface area (Å²) in [5.41, 5.74) is 2.98. The van der Waals surface area contributed by atoms with Crippen LogP contribution in [-0.2, 0) is 23.8 Å². The summed E-state index contributed by atoms with van der Waals surface area (Å²) in [7, 11) is 0. The van der Waals surface area contributed by atoms with E-state index in [2.05, 4.69) is 9.80 Å². The Labute approximate surface area is 243 Å². The lowest BCUT2D eigenvalue weighted by atomic mass is 10.1. The molecule has 0 saturated heterocycles. The standard InChI is InChI=1S/C32H44N2O7/c1-5-33(27-17-13-25(14-18-27)31(37)40-7-3)21-9-11-29(35)23-39-24-30(36)12-10-22-34(6-2)28-19-15-26(16-20-28)32(38)41-8-4/h13-20H,5-12,21-24H2,1-4H3. The molecule has 0 unspecified atom stereocenters. The van der Waals surface area contributed by atoms with Crippen LogP contribution in [0.1, 0.15) is 74.1 Å². The third-order valence-corrected chi connectivity index (χ3v) is 6.54. The number of carbonyl (C=O) groups is 4. The normalized spacial score (nSPS) is 10.6. The van der Waals surface area contributed by atoms with E-state index in [1.54, 1.807) is 38.1 Å². The van der Waals surface area contributed by atoms with Crippen LogP contribution >= 0.6 is 0 Å². The Kier molecular flexibility index (Phi) is 15.2. The number of hydrogen-bond acceptors (Lipinski definition) is 9. The Morgan fingerprint density at radius 3 is 1.27 bits per heavy atom. The summed E-state index contributed by atoms with van der Waals surface area (Å²) >= 11 is 0. The van der Waals surface area contributed by atoms with Gasteiger partial charge in [-0.25, -0.2) is 9.59 Å². The van der Waals surface area contributed by atoms with Crippen LogP contribution in [0.3, 0.4) is 0 Å². The molecule has 0 amide bonds. The van der Waals surface area contributed by atoms with Gasteiger partial charge in [0.05, 0.1) is 24.3 Å². The SMILES string of the molecule is CCOC(=O)c1ccc(N(CC)CCCC(=O)COCC(=O)CCCN(CC)c2ccc(C(=O)OCC)cc2)cc1. The lowest BCUT2D eigenvalue weighted by molar-refractivity contribution is -0.128. The molecule has 0 aliphatic carbocycles. The van der Waals surface area contributed by atoms with Crippen molar-refractivity contribution in [3.63, 3.8) is 0 Å². The Morgan fingerprint density at radius 2 is 0.951 bits per heavy atom.